The number of hydrogen-bond acceptors (Lipinski definition) is 1. The molecule has 0 N–H and O–H groups in total. The van der Waals surface area contributed by atoms with E-state index in [4.69, 9.17) is 0 Å². The quantitative estimate of drug-likeness (QED) is 0.627. The zero-order valence-corrected chi connectivity index (χ0v) is 16.5. The topological polar surface area (TPSA) is 23.1 Å². The summed E-state index contributed by atoms with van der Waals surface area (Å²) in [5.41, 5.74) is 5.87. The summed E-state index contributed by atoms with van der Waals surface area (Å²) in [7, 11) is 1.03. The minimum absolute atomic E-state index is 0.361. The average molecular weight is 331 g/mol. The smallest absolute Gasteiger partial charge is 0.0000723 e. The van der Waals surface area contributed by atoms with Gasteiger partial charge in [0.15, 0.2) is 0 Å². The maximum absolute atomic E-state index is 13.1. The van der Waals surface area contributed by atoms with Crippen molar-refractivity contribution in [1.82, 2.24) is 0 Å². The van der Waals surface area contributed by atoms with Gasteiger partial charge in [-0.25, -0.2) is 0 Å². The predicted molar refractivity (Wildman–Crippen MR) is 102 cm³/mol. The van der Waals surface area contributed by atoms with E-state index >= 15 is 0 Å². The van der Waals surface area contributed by atoms with E-state index in [0.29, 0.717) is 28.9 Å². The van der Waals surface area contributed by atoms with Gasteiger partial charge in [0.05, 0.1) is 0 Å². The molecule has 1 fully saturated rings. The third kappa shape index (κ3) is 4.46. The van der Waals surface area contributed by atoms with E-state index in [2.05, 4.69) is 53.7 Å². The zero-order valence-electron chi connectivity index (χ0n) is 15.6. The molecule has 0 spiro atoms. The van der Waals surface area contributed by atoms with Gasteiger partial charge in [0.1, 0.15) is 0 Å². The summed E-state index contributed by atoms with van der Waals surface area (Å²) in [6.45, 7) is 13.3. The Balaban J connectivity index is 2.58. The molecule has 2 heteroatoms. The molecule has 1 aromatic rings. The molecule has 0 bridgehead atoms. The molecule has 1 nitrogen and oxygen atoms in total. The van der Waals surface area contributed by atoms with Gasteiger partial charge in [-0.05, 0) is 58.5 Å². The largest absolute Gasteiger partial charge is 0.824 e. The maximum atomic E-state index is 13.1. The Bertz CT molecular complexity index is 534. The Morgan fingerprint density at radius 3 is 1.78 bits per heavy atom. The highest BCUT2D eigenvalue weighted by Gasteiger charge is 2.18. The Kier molecular flexibility index (Phi) is 6.46. The second-order valence-corrected chi connectivity index (χ2v) is 9.31. The van der Waals surface area contributed by atoms with Gasteiger partial charge in [0.2, 0.25) is 0 Å². The lowest BCUT2D eigenvalue weighted by molar-refractivity contribution is -0.207. The lowest BCUT2D eigenvalue weighted by atomic mass is 9.85. The summed E-state index contributed by atoms with van der Waals surface area (Å²) >= 11 is 0. The van der Waals surface area contributed by atoms with Crippen LogP contribution in [0.3, 0.4) is 0 Å². The van der Waals surface area contributed by atoms with Crippen LogP contribution >= 0.6 is 8.20 Å². The molecule has 128 valence electrons. The van der Waals surface area contributed by atoms with Crippen LogP contribution in [-0.4, -0.2) is 11.1 Å². The van der Waals surface area contributed by atoms with E-state index in [1.807, 2.05) is 0 Å². The van der Waals surface area contributed by atoms with Gasteiger partial charge in [-0.15, -0.1) is 13.7 Å². The molecule has 0 aliphatic heterocycles. The molecule has 1 aliphatic carbocycles. The standard InChI is InChI=1S/C21H33OP/c1-13(2)16-11-18(14(3)4)20(19(12-16)15(5)6)21(22)23-17-9-7-8-10-17/h11-15,17,22H,7-10H2,1-6H3/p-1. The molecule has 1 aliphatic rings. The molecule has 0 saturated heterocycles. The van der Waals surface area contributed by atoms with Gasteiger partial charge in [-0.2, -0.15) is 0 Å². The van der Waals surface area contributed by atoms with Crippen molar-refractivity contribution in [1.29, 1.82) is 0 Å². The fraction of sp³-hybridized carbons (Fsp3) is 0.667. The van der Waals surface area contributed by atoms with Crippen LogP contribution in [0, 0.1) is 0 Å². The normalized spacial score (nSPS) is 17.0. The summed E-state index contributed by atoms with van der Waals surface area (Å²) in [6, 6.07) is 4.58. The van der Waals surface area contributed by atoms with Crippen LogP contribution in [0.5, 0.6) is 0 Å². The summed E-state index contributed by atoms with van der Waals surface area (Å²) < 4.78 is 0. The van der Waals surface area contributed by atoms with Crippen molar-refractivity contribution in [2.75, 3.05) is 0 Å². The van der Waals surface area contributed by atoms with Gasteiger partial charge < -0.3 is 5.11 Å². The van der Waals surface area contributed by atoms with Crippen LogP contribution in [0.2, 0.25) is 0 Å². The second-order valence-electron chi connectivity index (χ2n) is 7.91. The van der Waals surface area contributed by atoms with Crippen molar-refractivity contribution in [2.45, 2.75) is 90.6 Å². The Morgan fingerprint density at radius 2 is 1.39 bits per heavy atom. The van der Waals surface area contributed by atoms with Crippen LogP contribution in [0.1, 0.15) is 107 Å². The van der Waals surface area contributed by atoms with Crippen molar-refractivity contribution in [2.24, 2.45) is 0 Å². The van der Waals surface area contributed by atoms with Gasteiger partial charge in [-0.1, -0.05) is 66.5 Å². The monoisotopic (exact) mass is 331 g/mol. The SMILES string of the molecule is CC(C)c1cc(C(C)C)c(C([O-])=PC2CCCC2)c(C(C)C)c1. The maximum Gasteiger partial charge on any atom is -0.0000723 e. The molecule has 0 aromatic heterocycles. The number of rotatable bonds is 5. The first kappa shape index (κ1) is 18.7. The molecule has 0 heterocycles. The van der Waals surface area contributed by atoms with Crippen molar-refractivity contribution >= 4 is 13.7 Å². The fourth-order valence-corrected chi connectivity index (χ4v) is 4.81. The molecule has 0 radical (unpaired) electrons. The molecular formula is C21H32OP-. The van der Waals surface area contributed by atoms with E-state index in [-0.39, 0.29) is 0 Å². The fourth-order valence-electron chi connectivity index (χ4n) is 3.47. The lowest BCUT2D eigenvalue weighted by Crippen LogP contribution is -2.23. The van der Waals surface area contributed by atoms with Crippen LogP contribution in [-0.2, 0) is 0 Å². The van der Waals surface area contributed by atoms with E-state index in [0.717, 1.165) is 13.8 Å². The van der Waals surface area contributed by atoms with E-state index in [1.165, 1.54) is 42.4 Å². The highest BCUT2D eigenvalue weighted by Crippen LogP contribution is 2.35. The number of hydrogen-bond donors (Lipinski definition) is 0. The van der Waals surface area contributed by atoms with Crippen molar-refractivity contribution in [3.63, 3.8) is 0 Å². The molecule has 23 heavy (non-hydrogen) atoms. The van der Waals surface area contributed by atoms with Crippen molar-refractivity contribution in [3.05, 3.63) is 34.4 Å². The molecule has 1 saturated carbocycles. The second kappa shape index (κ2) is 7.95. The van der Waals surface area contributed by atoms with Crippen molar-refractivity contribution in [3.8, 4) is 0 Å². The Labute approximate surface area is 144 Å². The molecule has 2 rings (SSSR count). The van der Waals surface area contributed by atoms with E-state index in [9.17, 15) is 5.11 Å². The first-order valence-corrected chi connectivity index (χ1v) is 10.2. The summed E-state index contributed by atoms with van der Waals surface area (Å²) in [4.78, 5) is 0. The van der Waals surface area contributed by atoms with Crippen molar-refractivity contribution < 1.29 is 5.11 Å². The van der Waals surface area contributed by atoms with Crippen LogP contribution in [0.4, 0.5) is 0 Å². The van der Waals surface area contributed by atoms with E-state index in [1.54, 1.807) is 0 Å². The Morgan fingerprint density at radius 1 is 0.913 bits per heavy atom. The predicted octanol–water partition coefficient (Wildman–Crippen LogP) is 5.78. The molecular weight excluding hydrogens is 299 g/mol. The van der Waals surface area contributed by atoms with Gasteiger partial charge >= 0.3 is 0 Å². The third-order valence-electron chi connectivity index (χ3n) is 4.97. The first-order valence-electron chi connectivity index (χ1n) is 9.24. The van der Waals surface area contributed by atoms with Gasteiger partial charge in [0, 0.05) is 0 Å². The summed E-state index contributed by atoms with van der Waals surface area (Å²) in [6.07, 6.45) is 5.05. The van der Waals surface area contributed by atoms with E-state index < -0.39 is 0 Å². The molecule has 1 aromatic carbocycles. The summed E-state index contributed by atoms with van der Waals surface area (Å²) in [5, 5.41) is 13.1. The molecule has 0 unspecified atom stereocenters. The lowest BCUT2D eigenvalue weighted by Gasteiger charge is -2.27. The minimum atomic E-state index is 0.361. The molecule has 0 atom stereocenters. The first-order chi connectivity index (χ1) is 10.8. The minimum Gasteiger partial charge on any atom is -0.824 e. The molecule has 0 amide bonds. The van der Waals surface area contributed by atoms with Gasteiger partial charge in [0.25, 0.3) is 0 Å². The van der Waals surface area contributed by atoms with Crippen LogP contribution in [0.15, 0.2) is 12.1 Å². The summed E-state index contributed by atoms with van der Waals surface area (Å²) in [5.74, 6) is 1.29. The van der Waals surface area contributed by atoms with Crippen LogP contribution < -0.4 is 5.11 Å². The van der Waals surface area contributed by atoms with Gasteiger partial charge in [-0.3, -0.25) is 0 Å². The third-order valence-corrected chi connectivity index (χ3v) is 6.31. The number of benzene rings is 1. The highest BCUT2D eigenvalue weighted by molar-refractivity contribution is 7.41. The highest BCUT2D eigenvalue weighted by atomic mass is 31.1. The Hall–Kier alpha value is -0.650. The zero-order chi connectivity index (χ0) is 17.1. The average Bonchev–Trinajstić information content (AvgIpc) is 2.98. The van der Waals surface area contributed by atoms with Crippen LogP contribution in [0.25, 0.3) is 0 Å².